The summed E-state index contributed by atoms with van der Waals surface area (Å²) in [6, 6.07) is 2.20. The van der Waals surface area contributed by atoms with Gasteiger partial charge in [0, 0.05) is 37.8 Å². The molecule has 15 heavy (non-hydrogen) atoms. The molecule has 2 heteroatoms. The molecule has 1 heterocycles. The lowest BCUT2D eigenvalue weighted by Gasteiger charge is -2.45. The molecule has 1 saturated heterocycles. The fourth-order valence-electron chi connectivity index (χ4n) is 2.63. The zero-order valence-corrected chi connectivity index (χ0v) is 11.2. The highest BCUT2D eigenvalue weighted by Crippen LogP contribution is 2.18. The van der Waals surface area contributed by atoms with Crippen molar-refractivity contribution >= 4 is 0 Å². The molecule has 0 spiro atoms. The molecule has 90 valence electrons. The SMILES string of the molecule is CCCC1CN(C(C)C)CCN1C(C)C. The number of nitrogens with zero attached hydrogens (tertiary/aromatic N) is 2. The van der Waals surface area contributed by atoms with Crippen LogP contribution in [0.1, 0.15) is 47.5 Å². The Morgan fingerprint density at radius 3 is 2.20 bits per heavy atom. The zero-order chi connectivity index (χ0) is 11.4. The minimum Gasteiger partial charge on any atom is -0.298 e. The molecule has 0 N–H and O–H groups in total. The highest BCUT2D eigenvalue weighted by atomic mass is 15.3. The van der Waals surface area contributed by atoms with Gasteiger partial charge in [-0.15, -0.1) is 0 Å². The van der Waals surface area contributed by atoms with E-state index in [0.717, 1.165) is 6.04 Å². The predicted octanol–water partition coefficient (Wildman–Crippen LogP) is 2.59. The van der Waals surface area contributed by atoms with E-state index in [1.807, 2.05) is 0 Å². The van der Waals surface area contributed by atoms with E-state index in [1.165, 1.54) is 32.5 Å². The quantitative estimate of drug-likeness (QED) is 0.707. The Morgan fingerprint density at radius 1 is 1.07 bits per heavy atom. The standard InChI is InChI=1S/C13H28N2/c1-6-7-13-10-14(11(2)3)8-9-15(13)12(4)5/h11-13H,6-10H2,1-5H3. The maximum atomic E-state index is 2.68. The number of hydrogen-bond donors (Lipinski definition) is 0. The summed E-state index contributed by atoms with van der Waals surface area (Å²) in [5.74, 6) is 0. The Morgan fingerprint density at radius 2 is 1.73 bits per heavy atom. The van der Waals surface area contributed by atoms with Crippen molar-refractivity contribution < 1.29 is 0 Å². The lowest BCUT2D eigenvalue weighted by atomic mass is 10.0. The third-order valence-electron chi connectivity index (χ3n) is 3.58. The summed E-state index contributed by atoms with van der Waals surface area (Å²) >= 11 is 0. The van der Waals surface area contributed by atoms with E-state index in [2.05, 4.69) is 44.4 Å². The lowest BCUT2D eigenvalue weighted by Crippen LogP contribution is -2.56. The number of hydrogen-bond acceptors (Lipinski definition) is 2. The summed E-state index contributed by atoms with van der Waals surface area (Å²) in [4.78, 5) is 5.31. The van der Waals surface area contributed by atoms with Gasteiger partial charge in [-0.2, -0.15) is 0 Å². The van der Waals surface area contributed by atoms with Crippen LogP contribution in [0.25, 0.3) is 0 Å². The molecule has 1 aliphatic heterocycles. The summed E-state index contributed by atoms with van der Waals surface area (Å²) in [6.07, 6.45) is 2.65. The van der Waals surface area contributed by atoms with E-state index in [1.54, 1.807) is 0 Å². The Labute approximate surface area is 95.6 Å². The smallest absolute Gasteiger partial charge is 0.0226 e. The maximum absolute atomic E-state index is 2.68. The van der Waals surface area contributed by atoms with Gasteiger partial charge in [0.1, 0.15) is 0 Å². The van der Waals surface area contributed by atoms with Gasteiger partial charge in [-0.3, -0.25) is 9.80 Å². The van der Waals surface area contributed by atoms with Crippen LogP contribution in [-0.4, -0.2) is 47.6 Å². The van der Waals surface area contributed by atoms with Crippen LogP contribution in [0.3, 0.4) is 0 Å². The van der Waals surface area contributed by atoms with Crippen LogP contribution < -0.4 is 0 Å². The zero-order valence-electron chi connectivity index (χ0n) is 11.2. The van der Waals surface area contributed by atoms with Crippen LogP contribution in [0.5, 0.6) is 0 Å². The third kappa shape index (κ3) is 3.46. The minimum atomic E-state index is 0.705. The Bertz CT molecular complexity index is 177. The Hall–Kier alpha value is -0.0800. The van der Waals surface area contributed by atoms with E-state index in [4.69, 9.17) is 0 Å². The molecule has 1 aliphatic rings. The molecule has 0 aromatic heterocycles. The summed E-state index contributed by atoms with van der Waals surface area (Å²) in [5, 5.41) is 0. The topological polar surface area (TPSA) is 6.48 Å². The first-order valence-corrected chi connectivity index (χ1v) is 6.56. The van der Waals surface area contributed by atoms with Crippen LogP contribution in [0.2, 0.25) is 0 Å². The molecular formula is C13H28N2. The number of piperazine rings is 1. The average molecular weight is 212 g/mol. The fourth-order valence-corrected chi connectivity index (χ4v) is 2.63. The van der Waals surface area contributed by atoms with E-state index >= 15 is 0 Å². The monoisotopic (exact) mass is 212 g/mol. The second-order valence-electron chi connectivity index (χ2n) is 5.36. The second kappa shape index (κ2) is 5.86. The van der Waals surface area contributed by atoms with Gasteiger partial charge < -0.3 is 0 Å². The van der Waals surface area contributed by atoms with Crippen molar-refractivity contribution in [1.82, 2.24) is 9.80 Å². The van der Waals surface area contributed by atoms with Gasteiger partial charge >= 0.3 is 0 Å². The van der Waals surface area contributed by atoms with E-state index in [0.29, 0.717) is 12.1 Å². The summed E-state index contributed by atoms with van der Waals surface area (Å²) in [7, 11) is 0. The van der Waals surface area contributed by atoms with Gasteiger partial charge in [-0.05, 0) is 34.1 Å². The maximum Gasteiger partial charge on any atom is 0.0226 e. The highest BCUT2D eigenvalue weighted by Gasteiger charge is 2.28. The molecule has 1 atom stereocenters. The van der Waals surface area contributed by atoms with Crippen molar-refractivity contribution in [2.75, 3.05) is 19.6 Å². The van der Waals surface area contributed by atoms with Gasteiger partial charge in [0.05, 0.1) is 0 Å². The van der Waals surface area contributed by atoms with Crippen molar-refractivity contribution in [3.05, 3.63) is 0 Å². The molecule has 0 aliphatic carbocycles. The summed E-state index contributed by atoms with van der Waals surface area (Å²) in [5.41, 5.74) is 0. The first-order chi connectivity index (χ1) is 7.06. The molecule has 0 radical (unpaired) electrons. The molecule has 0 aromatic carbocycles. The van der Waals surface area contributed by atoms with Crippen molar-refractivity contribution in [3.63, 3.8) is 0 Å². The van der Waals surface area contributed by atoms with E-state index < -0.39 is 0 Å². The first kappa shape index (κ1) is 13.0. The van der Waals surface area contributed by atoms with Gasteiger partial charge in [-0.1, -0.05) is 13.3 Å². The predicted molar refractivity (Wildman–Crippen MR) is 67.2 cm³/mol. The van der Waals surface area contributed by atoms with Crippen molar-refractivity contribution in [1.29, 1.82) is 0 Å². The molecule has 0 amide bonds. The van der Waals surface area contributed by atoms with Crippen LogP contribution in [0.4, 0.5) is 0 Å². The summed E-state index contributed by atoms with van der Waals surface area (Å²) in [6.45, 7) is 15.3. The summed E-state index contributed by atoms with van der Waals surface area (Å²) < 4.78 is 0. The van der Waals surface area contributed by atoms with Gasteiger partial charge in [0.25, 0.3) is 0 Å². The first-order valence-electron chi connectivity index (χ1n) is 6.56. The van der Waals surface area contributed by atoms with Crippen LogP contribution >= 0.6 is 0 Å². The molecule has 0 aromatic rings. The van der Waals surface area contributed by atoms with Crippen LogP contribution in [0.15, 0.2) is 0 Å². The normalized spacial score (nSPS) is 25.4. The van der Waals surface area contributed by atoms with Crippen molar-refractivity contribution in [2.45, 2.75) is 65.6 Å². The third-order valence-corrected chi connectivity index (χ3v) is 3.58. The van der Waals surface area contributed by atoms with E-state index in [-0.39, 0.29) is 0 Å². The largest absolute Gasteiger partial charge is 0.298 e. The molecule has 2 nitrogen and oxygen atoms in total. The highest BCUT2D eigenvalue weighted by molar-refractivity contribution is 4.84. The lowest BCUT2D eigenvalue weighted by molar-refractivity contribution is 0.0323. The molecular weight excluding hydrogens is 184 g/mol. The molecule has 0 bridgehead atoms. The fraction of sp³-hybridized carbons (Fsp3) is 1.00. The van der Waals surface area contributed by atoms with Crippen molar-refractivity contribution in [3.8, 4) is 0 Å². The Kier molecular flexibility index (Phi) is 5.07. The number of rotatable bonds is 4. The molecule has 1 unspecified atom stereocenters. The molecule has 1 rings (SSSR count). The van der Waals surface area contributed by atoms with Crippen LogP contribution in [0, 0.1) is 0 Å². The molecule has 0 saturated carbocycles. The van der Waals surface area contributed by atoms with Crippen LogP contribution in [-0.2, 0) is 0 Å². The van der Waals surface area contributed by atoms with Gasteiger partial charge in [0.2, 0.25) is 0 Å². The van der Waals surface area contributed by atoms with E-state index in [9.17, 15) is 0 Å². The average Bonchev–Trinajstić information content (AvgIpc) is 2.17. The van der Waals surface area contributed by atoms with Gasteiger partial charge in [0.15, 0.2) is 0 Å². The van der Waals surface area contributed by atoms with Crippen molar-refractivity contribution in [2.24, 2.45) is 0 Å². The van der Waals surface area contributed by atoms with Gasteiger partial charge in [-0.25, -0.2) is 0 Å². The second-order valence-corrected chi connectivity index (χ2v) is 5.36. The minimum absolute atomic E-state index is 0.705. The molecule has 1 fully saturated rings. The Balaban J connectivity index is 2.56.